The van der Waals surface area contributed by atoms with Gasteiger partial charge in [-0.2, -0.15) is 0 Å². The number of hydrogen-bond acceptors (Lipinski definition) is 4. The monoisotopic (exact) mass is 305 g/mol. The number of rotatable bonds is 8. The smallest absolute Gasteiger partial charge is 0.161 e. The van der Waals surface area contributed by atoms with Gasteiger partial charge in [0.05, 0.1) is 13.7 Å². The number of carbonyl (C=O) groups is 1. The molecule has 4 heteroatoms. The highest BCUT2D eigenvalue weighted by atomic mass is 16.5. The zero-order chi connectivity index (χ0) is 15.8. The van der Waals surface area contributed by atoms with Crippen molar-refractivity contribution in [3.8, 4) is 11.5 Å². The van der Waals surface area contributed by atoms with Crippen LogP contribution in [-0.2, 0) is 0 Å². The van der Waals surface area contributed by atoms with Crippen LogP contribution in [0.2, 0.25) is 0 Å². The number of nitrogens with zero attached hydrogens (tertiary/aromatic N) is 1. The first kappa shape index (κ1) is 16.8. The molecule has 1 heterocycles. The third-order valence-electron chi connectivity index (χ3n) is 4.19. The van der Waals surface area contributed by atoms with E-state index in [0.29, 0.717) is 23.7 Å². The Balaban J connectivity index is 1.69. The normalized spacial score (nSPS) is 18.9. The molecule has 0 spiro atoms. The third-order valence-corrected chi connectivity index (χ3v) is 4.19. The first-order valence-corrected chi connectivity index (χ1v) is 8.21. The summed E-state index contributed by atoms with van der Waals surface area (Å²) in [7, 11) is 1.59. The molecule has 0 amide bonds. The Kier molecular flexibility index (Phi) is 6.72. The number of benzene rings is 1. The van der Waals surface area contributed by atoms with Gasteiger partial charge in [-0.25, -0.2) is 0 Å². The van der Waals surface area contributed by atoms with Crippen molar-refractivity contribution in [2.24, 2.45) is 5.92 Å². The molecule has 1 saturated heterocycles. The maximum absolute atomic E-state index is 10.8. The Morgan fingerprint density at radius 2 is 2.18 bits per heavy atom. The van der Waals surface area contributed by atoms with Gasteiger partial charge in [0.1, 0.15) is 6.29 Å². The second-order valence-electron chi connectivity index (χ2n) is 6.13. The van der Waals surface area contributed by atoms with Gasteiger partial charge in [-0.3, -0.25) is 4.79 Å². The SMILES string of the molecule is COc1cc(C=O)ccc1OCCCCN1CCC[C@@H](C)C1. The van der Waals surface area contributed by atoms with Gasteiger partial charge in [0.15, 0.2) is 11.5 Å². The summed E-state index contributed by atoms with van der Waals surface area (Å²) in [5.41, 5.74) is 0.600. The van der Waals surface area contributed by atoms with Crippen molar-refractivity contribution in [3.05, 3.63) is 23.8 Å². The minimum absolute atomic E-state index is 0.600. The first-order chi connectivity index (χ1) is 10.7. The van der Waals surface area contributed by atoms with Gasteiger partial charge in [-0.1, -0.05) is 6.92 Å². The van der Waals surface area contributed by atoms with Crippen LogP contribution in [-0.4, -0.2) is 44.5 Å². The van der Waals surface area contributed by atoms with Gasteiger partial charge in [0.25, 0.3) is 0 Å². The van der Waals surface area contributed by atoms with Crippen LogP contribution in [0.5, 0.6) is 11.5 Å². The molecule has 1 aliphatic heterocycles. The number of aldehydes is 1. The average molecular weight is 305 g/mol. The van der Waals surface area contributed by atoms with Gasteiger partial charge in [-0.05, 0) is 62.9 Å². The van der Waals surface area contributed by atoms with Crippen molar-refractivity contribution in [1.82, 2.24) is 4.90 Å². The van der Waals surface area contributed by atoms with Crippen LogP contribution in [0.15, 0.2) is 18.2 Å². The average Bonchev–Trinajstić information content (AvgIpc) is 2.54. The summed E-state index contributed by atoms with van der Waals surface area (Å²) in [5, 5.41) is 0. The van der Waals surface area contributed by atoms with Crippen molar-refractivity contribution in [2.45, 2.75) is 32.6 Å². The van der Waals surface area contributed by atoms with E-state index in [1.165, 1.54) is 25.9 Å². The summed E-state index contributed by atoms with van der Waals surface area (Å²) < 4.78 is 11.0. The number of ether oxygens (including phenoxy) is 2. The summed E-state index contributed by atoms with van der Waals surface area (Å²) in [4.78, 5) is 13.3. The molecular formula is C18H27NO3. The Hall–Kier alpha value is -1.55. The maximum Gasteiger partial charge on any atom is 0.161 e. The van der Waals surface area contributed by atoms with Crippen molar-refractivity contribution in [1.29, 1.82) is 0 Å². The van der Waals surface area contributed by atoms with Crippen molar-refractivity contribution in [3.63, 3.8) is 0 Å². The van der Waals surface area contributed by atoms with E-state index in [0.717, 1.165) is 31.6 Å². The van der Waals surface area contributed by atoms with Crippen molar-refractivity contribution >= 4 is 6.29 Å². The quantitative estimate of drug-likeness (QED) is 0.545. The predicted octanol–water partition coefficient (Wildman–Crippen LogP) is 3.40. The van der Waals surface area contributed by atoms with E-state index in [1.54, 1.807) is 25.3 Å². The Bertz CT molecular complexity index is 475. The van der Waals surface area contributed by atoms with E-state index in [-0.39, 0.29) is 0 Å². The molecule has 0 radical (unpaired) electrons. The second kappa shape index (κ2) is 8.79. The summed E-state index contributed by atoms with van der Waals surface area (Å²) in [6.45, 7) is 6.66. The van der Waals surface area contributed by atoms with Crippen molar-refractivity contribution in [2.75, 3.05) is 33.4 Å². The lowest BCUT2D eigenvalue weighted by Crippen LogP contribution is -2.35. The van der Waals surface area contributed by atoms with Crippen LogP contribution in [0.25, 0.3) is 0 Å². The highest BCUT2D eigenvalue weighted by Gasteiger charge is 2.15. The molecule has 1 atom stereocenters. The topological polar surface area (TPSA) is 38.8 Å². The van der Waals surface area contributed by atoms with Crippen LogP contribution in [0.4, 0.5) is 0 Å². The largest absolute Gasteiger partial charge is 0.493 e. The number of unbranched alkanes of at least 4 members (excludes halogenated alkanes) is 1. The summed E-state index contributed by atoms with van der Waals surface area (Å²) in [6.07, 6.45) is 5.70. The van der Waals surface area contributed by atoms with E-state index in [1.807, 2.05) is 0 Å². The number of piperidine rings is 1. The fourth-order valence-corrected chi connectivity index (χ4v) is 2.99. The van der Waals surface area contributed by atoms with E-state index < -0.39 is 0 Å². The standard InChI is InChI=1S/C18H27NO3/c1-15-6-5-10-19(13-15)9-3-4-11-22-17-8-7-16(14-20)12-18(17)21-2/h7-8,12,14-15H,3-6,9-11,13H2,1-2H3/t15-/m1/s1. The zero-order valence-corrected chi connectivity index (χ0v) is 13.7. The lowest BCUT2D eigenvalue weighted by Gasteiger charge is -2.30. The van der Waals surface area contributed by atoms with E-state index in [4.69, 9.17) is 9.47 Å². The molecular weight excluding hydrogens is 278 g/mol. The summed E-state index contributed by atoms with van der Waals surface area (Å²) in [5.74, 6) is 2.17. The van der Waals surface area contributed by atoms with Gasteiger partial charge in [-0.15, -0.1) is 0 Å². The molecule has 0 aliphatic carbocycles. The number of carbonyl (C=O) groups excluding carboxylic acids is 1. The molecule has 0 bridgehead atoms. The maximum atomic E-state index is 10.8. The lowest BCUT2D eigenvalue weighted by atomic mass is 10.0. The fraction of sp³-hybridized carbons (Fsp3) is 0.611. The highest BCUT2D eigenvalue weighted by molar-refractivity contribution is 5.76. The van der Waals surface area contributed by atoms with Crippen LogP contribution in [0.3, 0.4) is 0 Å². The van der Waals surface area contributed by atoms with E-state index >= 15 is 0 Å². The number of hydrogen-bond donors (Lipinski definition) is 0. The third kappa shape index (κ3) is 5.02. The van der Waals surface area contributed by atoms with Gasteiger partial charge in [0.2, 0.25) is 0 Å². The number of methoxy groups -OCH3 is 1. The molecule has 1 aromatic rings. The molecule has 4 nitrogen and oxygen atoms in total. The summed E-state index contributed by atoms with van der Waals surface area (Å²) >= 11 is 0. The molecule has 0 saturated carbocycles. The molecule has 1 aromatic carbocycles. The van der Waals surface area contributed by atoms with Crippen molar-refractivity contribution < 1.29 is 14.3 Å². The minimum Gasteiger partial charge on any atom is -0.493 e. The summed E-state index contributed by atoms with van der Waals surface area (Å²) in [6, 6.07) is 5.26. The van der Waals surface area contributed by atoms with Crippen LogP contribution in [0, 0.1) is 5.92 Å². The van der Waals surface area contributed by atoms with Crippen LogP contribution < -0.4 is 9.47 Å². The second-order valence-corrected chi connectivity index (χ2v) is 6.13. The fourth-order valence-electron chi connectivity index (χ4n) is 2.99. The predicted molar refractivity (Wildman–Crippen MR) is 87.9 cm³/mol. The molecule has 22 heavy (non-hydrogen) atoms. The Morgan fingerprint density at radius 3 is 2.91 bits per heavy atom. The molecule has 0 N–H and O–H groups in total. The molecule has 2 rings (SSSR count). The first-order valence-electron chi connectivity index (χ1n) is 8.21. The molecule has 122 valence electrons. The highest BCUT2D eigenvalue weighted by Crippen LogP contribution is 2.27. The zero-order valence-electron chi connectivity index (χ0n) is 13.7. The molecule has 0 aromatic heterocycles. The molecule has 1 fully saturated rings. The number of likely N-dealkylation sites (tertiary alicyclic amines) is 1. The van der Waals surface area contributed by atoms with E-state index in [9.17, 15) is 4.79 Å². The lowest BCUT2D eigenvalue weighted by molar-refractivity contribution is 0.112. The molecule has 1 aliphatic rings. The van der Waals surface area contributed by atoms with Crippen LogP contribution >= 0.6 is 0 Å². The molecule has 0 unspecified atom stereocenters. The van der Waals surface area contributed by atoms with E-state index in [2.05, 4.69) is 11.8 Å². The van der Waals surface area contributed by atoms with Crippen LogP contribution in [0.1, 0.15) is 43.0 Å². The minimum atomic E-state index is 0.600. The Morgan fingerprint density at radius 1 is 1.32 bits per heavy atom. The van der Waals surface area contributed by atoms with Gasteiger partial charge >= 0.3 is 0 Å². The van der Waals surface area contributed by atoms with Gasteiger partial charge < -0.3 is 14.4 Å². The van der Waals surface area contributed by atoms with Gasteiger partial charge in [0, 0.05) is 12.1 Å². The Labute approximate surface area is 133 Å².